The molecule has 3 rings (SSSR count). The Morgan fingerprint density at radius 1 is 0.976 bits per heavy atom. The number of hydroxylamine groups is 2. The second-order valence-electron chi connectivity index (χ2n) is 9.51. The number of rotatable bonds is 10. The average Bonchev–Trinajstić information content (AvgIpc) is 2.93. The van der Waals surface area contributed by atoms with Gasteiger partial charge in [-0.05, 0) is 54.7 Å². The highest BCUT2D eigenvalue weighted by Gasteiger charge is 2.51. The van der Waals surface area contributed by atoms with E-state index in [9.17, 15) is 27.6 Å². The number of hydrogen-bond acceptors (Lipinski definition) is 6. The van der Waals surface area contributed by atoms with E-state index in [4.69, 9.17) is 17.2 Å². The number of benzene rings is 3. The first kappa shape index (κ1) is 30.9. The van der Waals surface area contributed by atoms with Crippen molar-refractivity contribution in [3.05, 3.63) is 78.4 Å². The number of carbonyl (C=O) groups is 3. The van der Waals surface area contributed by atoms with Gasteiger partial charge in [0.1, 0.15) is 0 Å². The van der Waals surface area contributed by atoms with Gasteiger partial charge in [-0.15, -0.1) is 0 Å². The second kappa shape index (κ2) is 13.1. The summed E-state index contributed by atoms with van der Waals surface area (Å²) in [7, 11) is 0. The molecule has 3 aromatic rings. The Morgan fingerprint density at radius 2 is 1.61 bits per heavy atom. The van der Waals surface area contributed by atoms with Gasteiger partial charge in [0.05, 0.1) is 6.04 Å². The van der Waals surface area contributed by atoms with E-state index >= 15 is 0 Å². The summed E-state index contributed by atoms with van der Waals surface area (Å²) in [5.74, 6) is -5.06. The van der Waals surface area contributed by atoms with Crippen LogP contribution < -0.4 is 22.5 Å². The predicted molar refractivity (Wildman–Crippen MR) is 148 cm³/mol. The van der Waals surface area contributed by atoms with Crippen LogP contribution in [-0.4, -0.2) is 53.1 Å². The van der Waals surface area contributed by atoms with E-state index in [1.165, 1.54) is 6.92 Å². The zero-order chi connectivity index (χ0) is 30.2. The molecule has 2 amide bonds. The van der Waals surface area contributed by atoms with Crippen molar-refractivity contribution in [1.29, 1.82) is 0 Å². The van der Waals surface area contributed by atoms with Crippen LogP contribution in [0, 0.1) is 0 Å². The van der Waals surface area contributed by atoms with E-state index in [2.05, 4.69) is 15.1 Å². The molecule has 13 heteroatoms. The molecule has 0 aliphatic heterocycles. The van der Waals surface area contributed by atoms with Crippen LogP contribution in [0.4, 0.5) is 18.9 Å². The fourth-order valence-electron chi connectivity index (χ4n) is 4.10. The molecule has 0 heterocycles. The molecule has 10 nitrogen and oxygen atoms in total. The summed E-state index contributed by atoms with van der Waals surface area (Å²) in [5.41, 5.74) is 15.6. The largest absolute Gasteiger partial charge is 0.493 e. The number of anilines is 1. The topological polar surface area (TPSA) is 166 Å². The molecule has 218 valence electrons. The number of fused-ring (bicyclic) bond motifs is 1. The first-order valence-electron chi connectivity index (χ1n) is 12.6. The summed E-state index contributed by atoms with van der Waals surface area (Å²) in [6, 6.07) is 19.3. The SMILES string of the molecule is C[C@](CCCN=C(N)N)(C(=O)Nc1ccc2ccccc2c1)N(OC(=O)C(F)(F)F)C(=O)[C@@H](N)Cc1ccccc1. The molecule has 0 fully saturated rings. The lowest BCUT2D eigenvalue weighted by molar-refractivity contribution is -0.252. The molecule has 2 atom stereocenters. The average molecular weight is 573 g/mol. The first-order valence-corrected chi connectivity index (χ1v) is 12.6. The van der Waals surface area contributed by atoms with Gasteiger partial charge in [-0.25, -0.2) is 4.79 Å². The smallest absolute Gasteiger partial charge is 0.370 e. The molecule has 41 heavy (non-hydrogen) atoms. The van der Waals surface area contributed by atoms with Gasteiger partial charge in [0, 0.05) is 12.2 Å². The van der Waals surface area contributed by atoms with Crippen LogP contribution in [0.2, 0.25) is 0 Å². The van der Waals surface area contributed by atoms with Crippen LogP contribution in [0.25, 0.3) is 10.8 Å². The number of nitrogens with zero attached hydrogens (tertiary/aromatic N) is 2. The van der Waals surface area contributed by atoms with Gasteiger partial charge in [-0.2, -0.15) is 18.2 Å². The highest BCUT2D eigenvalue weighted by Crippen LogP contribution is 2.29. The van der Waals surface area contributed by atoms with E-state index in [0.29, 0.717) is 11.3 Å². The highest BCUT2D eigenvalue weighted by atomic mass is 19.4. The molecule has 7 N–H and O–H groups in total. The molecule has 0 saturated carbocycles. The molecule has 0 unspecified atom stereocenters. The molecule has 0 bridgehead atoms. The van der Waals surface area contributed by atoms with Crippen LogP contribution in [0.1, 0.15) is 25.3 Å². The maximum atomic E-state index is 13.8. The number of hydrogen-bond donors (Lipinski definition) is 4. The summed E-state index contributed by atoms with van der Waals surface area (Å²) in [6.45, 7) is 1.15. The zero-order valence-electron chi connectivity index (χ0n) is 22.2. The third kappa shape index (κ3) is 8.18. The van der Waals surface area contributed by atoms with Crippen molar-refractivity contribution in [1.82, 2.24) is 5.06 Å². The van der Waals surface area contributed by atoms with Gasteiger partial charge in [0.25, 0.3) is 11.8 Å². The van der Waals surface area contributed by atoms with Crippen molar-refractivity contribution in [2.45, 2.75) is 43.9 Å². The Bertz CT molecular complexity index is 1410. The lowest BCUT2D eigenvalue weighted by Crippen LogP contribution is -2.62. The molecular formula is C28H31F3N6O4. The van der Waals surface area contributed by atoms with E-state index in [0.717, 1.165) is 10.8 Å². The maximum absolute atomic E-state index is 13.8. The molecule has 0 aliphatic carbocycles. The summed E-state index contributed by atoms with van der Waals surface area (Å²) in [6.07, 6.45) is -5.83. The standard InChI is InChI=1S/C28H31F3N6O4/c1-27(14-7-15-35-26(33)34,24(39)36-21-13-12-19-10-5-6-11-20(19)17-21)37(41-25(40)28(29,30)31)23(38)22(32)16-18-8-3-2-4-9-18/h2-6,8-13,17,22H,7,14-16,32H2,1H3,(H,36,39)(H4,33,34,35)/t22-,27-/m0/s1. The van der Waals surface area contributed by atoms with Crippen LogP contribution in [0.15, 0.2) is 77.8 Å². The third-order valence-electron chi connectivity index (χ3n) is 6.28. The van der Waals surface area contributed by atoms with Crippen molar-refractivity contribution < 1.29 is 32.4 Å². The summed E-state index contributed by atoms with van der Waals surface area (Å²) < 4.78 is 39.9. The van der Waals surface area contributed by atoms with Gasteiger partial charge in [-0.3, -0.25) is 14.6 Å². The molecule has 0 aromatic heterocycles. The zero-order valence-corrected chi connectivity index (χ0v) is 22.2. The van der Waals surface area contributed by atoms with Crippen LogP contribution in [0.3, 0.4) is 0 Å². The fraction of sp³-hybridized carbons (Fsp3) is 0.286. The van der Waals surface area contributed by atoms with Crippen LogP contribution >= 0.6 is 0 Å². The van der Waals surface area contributed by atoms with Crippen molar-refractivity contribution in [2.75, 3.05) is 11.9 Å². The van der Waals surface area contributed by atoms with Gasteiger partial charge in [0.2, 0.25) is 0 Å². The summed E-state index contributed by atoms with van der Waals surface area (Å²) >= 11 is 0. The first-order chi connectivity index (χ1) is 19.3. The fourth-order valence-corrected chi connectivity index (χ4v) is 4.10. The number of aliphatic imine (C=N–C) groups is 1. The number of nitrogens with two attached hydrogens (primary N) is 3. The molecule has 0 aliphatic rings. The Kier molecular flexibility index (Phi) is 9.90. The third-order valence-corrected chi connectivity index (χ3v) is 6.28. The van der Waals surface area contributed by atoms with Crippen molar-refractivity contribution in [3.8, 4) is 0 Å². The Labute approximate surface area is 234 Å². The quantitative estimate of drug-likeness (QED) is 0.125. The van der Waals surface area contributed by atoms with Crippen LogP contribution in [-0.2, 0) is 25.6 Å². The van der Waals surface area contributed by atoms with Gasteiger partial charge < -0.3 is 27.4 Å². The molecule has 0 spiro atoms. The van der Waals surface area contributed by atoms with Gasteiger partial charge in [-0.1, -0.05) is 60.7 Å². The molecular weight excluding hydrogens is 541 g/mol. The number of halogens is 3. The minimum atomic E-state index is -5.46. The summed E-state index contributed by atoms with van der Waals surface area (Å²) in [4.78, 5) is 47.7. The van der Waals surface area contributed by atoms with E-state index < -0.39 is 35.5 Å². The lowest BCUT2D eigenvalue weighted by atomic mass is 9.92. The van der Waals surface area contributed by atoms with Gasteiger partial charge in [0.15, 0.2) is 11.5 Å². The Morgan fingerprint density at radius 3 is 2.24 bits per heavy atom. The predicted octanol–water partition coefficient (Wildman–Crippen LogP) is 3.01. The number of carbonyl (C=O) groups excluding carboxylic acids is 3. The molecule has 0 saturated heterocycles. The number of amides is 2. The highest BCUT2D eigenvalue weighted by molar-refractivity contribution is 6.02. The minimum Gasteiger partial charge on any atom is -0.370 e. The monoisotopic (exact) mass is 572 g/mol. The Balaban J connectivity index is 2.00. The maximum Gasteiger partial charge on any atom is 0.493 e. The van der Waals surface area contributed by atoms with Crippen molar-refractivity contribution in [2.24, 2.45) is 22.2 Å². The number of alkyl halides is 3. The molecule has 0 radical (unpaired) electrons. The van der Waals surface area contributed by atoms with Crippen molar-refractivity contribution >= 4 is 40.2 Å². The van der Waals surface area contributed by atoms with Gasteiger partial charge >= 0.3 is 12.1 Å². The Hall–Kier alpha value is -4.65. The number of nitrogens with one attached hydrogen (secondary N) is 1. The molecule has 3 aromatic carbocycles. The summed E-state index contributed by atoms with van der Waals surface area (Å²) in [5, 5.41) is 4.42. The second-order valence-corrected chi connectivity index (χ2v) is 9.51. The van der Waals surface area contributed by atoms with Crippen molar-refractivity contribution in [3.63, 3.8) is 0 Å². The van der Waals surface area contributed by atoms with E-state index in [1.54, 1.807) is 54.6 Å². The van der Waals surface area contributed by atoms with E-state index in [1.807, 2.05) is 18.2 Å². The minimum absolute atomic E-state index is 0.0213. The number of guanidine groups is 1. The lowest BCUT2D eigenvalue weighted by Gasteiger charge is -2.39. The van der Waals surface area contributed by atoms with E-state index in [-0.39, 0.29) is 36.8 Å². The normalized spacial score (nSPS) is 13.5. The van der Waals surface area contributed by atoms with Crippen LogP contribution in [0.5, 0.6) is 0 Å².